The number of rotatable bonds is 4. The molecule has 0 amide bonds. The van der Waals surface area contributed by atoms with Crippen LogP contribution >= 0.6 is 7.60 Å². The summed E-state index contributed by atoms with van der Waals surface area (Å²) in [6.45, 7) is 14.6. The lowest BCUT2D eigenvalue weighted by atomic mass is 10.0. The first-order chi connectivity index (χ1) is 9.70. The minimum absolute atomic E-state index is 0.273. The maximum Gasteiger partial charge on any atom is 0.328 e. The Labute approximate surface area is 134 Å². The standard InChI is InChI=1S/C15H31O6P/c1-10-12(16)13(11(9-18-10)19-14(2,3)4)20-22(8,17)21-15(5,6)7/h10-13,16H,9H2,1-8H3. The summed E-state index contributed by atoms with van der Waals surface area (Å²) in [7, 11) is -3.34. The lowest BCUT2D eigenvalue weighted by molar-refractivity contribution is -0.215. The van der Waals surface area contributed by atoms with E-state index < -0.39 is 43.2 Å². The van der Waals surface area contributed by atoms with E-state index in [1.54, 1.807) is 27.7 Å². The quantitative estimate of drug-likeness (QED) is 0.795. The molecule has 22 heavy (non-hydrogen) atoms. The van der Waals surface area contributed by atoms with Crippen LogP contribution in [0.4, 0.5) is 0 Å². The van der Waals surface area contributed by atoms with Crippen LogP contribution in [0.15, 0.2) is 0 Å². The highest BCUT2D eigenvalue weighted by atomic mass is 31.2. The molecule has 0 radical (unpaired) electrons. The highest BCUT2D eigenvalue weighted by Gasteiger charge is 2.44. The molecule has 0 spiro atoms. The second-order valence-electron chi connectivity index (χ2n) is 7.84. The minimum Gasteiger partial charge on any atom is -0.388 e. The van der Waals surface area contributed by atoms with E-state index in [2.05, 4.69) is 0 Å². The van der Waals surface area contributed by atoms with Gasteiger partial charge in [0.25, 0.3) is 0 Å². The van der Waals surface area contributed by atoms with Crippen LogP contribution in [-0.4, -0.2) is 54.0 Å². The number of hydrogen-bond donors (Lipinski definition) is 1. The summed E-state index contributed by atoms with van der Waals surface area (Å²) in [6, 6.07) is 0. The third-order valence-corrected chi connectivity index (χ3v) is 4.47. The topological polar surface area (TPSA) is 74.2 Å². The molecule has 5 unspecified atom stereocenters. The molecule has 1 saturated heterocycles. The zero-order chi connectivity index (χ0) is 17.3. The van der Waals surface area contributed by atoms with Gasteiger partial charge in [0.1, 0.15) is 18.3 Å². The Hall–Kier alpha value is 0.0300. The Balaban J connectivity index is 2.90. The van der Waals surface area contributed by atoms with Crippen molar-refractivity contribution < 1.29 is 28.2 Å². The summed E-state index contributed by atoms with van der Waals surface area (Å²) < 4.78 is 35.2. The zero-order valence-electron chi connectivity index (χ0n) is 15.0. The highest BCUT2D eigenvalue weighted by Crippen LogP contribution is 2.50. The fourth-order valence-electron chi connectivity index (χ4n) is 2.35. The van der Waals surface area contributed by atoms with Crippen molar-refractivity contribution in [3.63, 3.8) is 0 Å². The van der Waals surface area contributed by atoms with Crippen LogP contribution < -0.4 is 0 Å². The van der Waals surface area contributed by atoms with Gasteiger partial charge in [-0.2, -0.15) is 0 Å². The van der Waals surface area contributed by atoms with Crippen LogP contribution in [0.5, 0.6) is 0 Å². The molecule has 0 aromatic carbocycles. The normalized spacial score (nSPS) is 33.5. The third-order valence-electron chi connectivity index (χ3n) is 2.97. The molecule has 0 aromatic heterocycles. The molecular weight excluding hydrogens is 307 g/mol. The fourth-order valence-corrected chi connectivity index (χ4v) is 4.09. The average molecular weight is 338 g/mol. The van der Waals surface area contributed by atoms with Crippen molar-refractivity contribution in [3.05, 3.63) is 0 Å². The molecule has 1 fully saturated rings. The molecule has 7 heteroatoms. The van der Waals surface area contributed by atoms with Crippen LogP contribution in [0.1, 0.15) is 48.5 Å². The van der Waals surface area contributed by atoms with E-state index in [9.17, 15) is 9.67 Å². The van der Waals surface area contributed by atoms with Crippen LogP contribution in [0.25, 0.3) is 0 Å². The van der Waals surface area contributed by atoms with Crippen LogP contribution in [0, 0.1) is 0 Å². The predicted molar refractivity (Wildman–Crippen MR) is 85.3 cm³/mol. The molecule has 0 aromatic rings. The van der Waals surface area contributed by atoms with Crippen molar-refractivity contribution in [1.82, 2.24) is 0 Å². The molecule has 0 aliphatic carbocycles. The maximum atomic E-state index is 12.6. The molecule has 1 N–H and O–H groups in total. The summed E-state index contributed by atoms with van der Waals surface area (Å²) in [6.07, 6.45) is -2.62. The van der Waals surface area contributed by atoms with Crippen molar-refractivity contribution >= 4 is 7.60 Å². The second-order valence-corrected chi connectivity index (χ2v) is 9.78. The molecular formula is C15H31O6P. The van der Waals surface area contributed by atoms with Gasteiger partial charge in [-0.25, -0.2) is 0 Å². The van der Waals surface area contributed by atoms with E-state index in [1.165, 1.54) is 6.66 Å². The largest absolute Gasteiger partial charge is 0.388 e. The Morgan fingerprint density at radius 1 is 1.14 bits per heavy atom. The molecule has 132 valence electrons. The second kappa shape index (κ2) is 6.88. The summed E-state index contributed by atoms with van der Waals surface area (Å²) in [5.74, 6) is 0. The Bertz CT molecular complexity index is 411. The maximum absolute atomic E-state index is 12.6. The van der Waals surface area contributed by atoms with Gasteiger partial charge in [-0.15, -0.1) is 0 Å². The van der Waals surface area contributed by atoms with E-state index in [1.807, 2.05) is 20.8 Å². The van der Waals surface area contributed by atoms with E-state index in [4.69, 9.17) is 18.5 Å². The number of ether oxygens (including phenoxy) is 2. The Morgan fingerprint density at radius 3 is 2.14 bits per heavy atom. The minimum atomic E-state index is -3.34. The molecule has 5 atom stereocenters. The molecule has 1 aliphatic rings. The van der Waals surface area contributed by atoms with Gasteiger partial charge >= 0.3 is 7.60 Å². The monoisotopic (exact) mass is 338 g/mol. The van der Waals surface area contributed by atoms with Gasteiger partial charge in [-0.3, -0.25) is 9.09 Å². The zero-order valence-corrected chi connectivity index (χ0v) is 15.8. The summed E-state index contributed by atoms with van der Waals surface area (Å²) in [4.78, 5) is 0. The average Bonchev–Trinajstić information content (AvgIpc) is 2.23. The van der Waals surface area contributed by atoms with Crippen molar-refractivity contribution in [2.75, 3.05) is 13.3 Å². The molecule has 1 rings (SSSR count). The highest BCUT2D eigenvalue weighted by molar-refractivity contribution is 7.53. The Morgan fingerprint density at radius 2 is 1.68 bits per heavy atom. The van der Waals surface area contributed by atoms with Gasteiger partial charge < -0.3 is 19.1 Å². The van der Waals surface area contributed by atoms with Gasteiger partial charge in [-0.1, -0.05) is 0 Å². The van der Waals surface area contributed by atoms with Crippen molar-refractivity contribution in [2.45, 2.75) is 84.1 Å². The van der Waals surface area contributed by atoms with Gasteiger partial charge in [0.15, 0.2) is 0 Å². The van der Waals surface area contributed by atoms with E-state index in [0.29, 0.717) is 0 Å². The van der Waals surface area contributed by atoms with Crippen LogP contribution in [0.3, 0.4) is 0 Å². The van der Waals surface area contributed by atoms with E-state index >= 15 is 0 Å². The van der Waals surface area contributed by atoms with E-state index in [0.717, 1.165) is 0 Å². The van der Waals surface area contributed by atoms with Crippen LogP contribution in [0.2, 0.25) is 0 Å². The lowest BCUT2D eigenvalue weighted by Gasteiger charge is -2.42. The summed E-state index contributed by atoms with van der Waals surface area (Å²) in [5.41, 5.74) is -1.04. The molecule has 0 saturated carbocycles. The van der Waals surface area contributed by atoms with Crippen molar-refractivity contribution in [1.29, 1.82) is 0 Å². The SMILES string of the molecule is CC1OCC(OC(C)(C)C)C(OP(C)(=O)OC(C)(C)C)C1O. The molecule has 0 bridgehead atoms. The number of aliphatic hydroxyl groups excluding tert-OH is 1. The summed E-state index contributed by atoms with van der Waals surface area (Å²) in [5, 5.41) is 10.4. The van der Waals surface area contributed by atoms with Gasteiger partial charge in [0.05, 0.1) is 23.9 Å². The van der Waals surface area contributed by atoms with Crippen molar-refractivity contribution in [3.8, 4) is 0 Å². The lowest BCUT2D eigenvalue weighted by Crippen LogP contribution is -2.55. The molecule has 6 nitrogen and oxygen atoms in total. The van der Waals surface area contributed by atoms with E-state index in [-0.39, 0.29) is 6.61 Å². The molecule has 1 aliphatic heterocycles. The van der Waals surface area contributed by atoms with Gasteiger partial charge in [-0.05, 0) is 48.5 Å². The number of aliphatic hydroxyl groups is 1. The fraction of sp³-hybridized carbons (Fsp3) is 1.00. The first-order valence-electron chi connectivity index (χ1n) is 7.64. The third kappa shape index (κ3) is 6.65. The predicted octanol–water partition coefficient (Wildman–Crippen LogP) is 2.97. The smallest absolute Gasteiger partial charge is 0.328 e. The first kappa shape index (κ1) is 20.1. The van der Waals surface area contributed by atoms with Gasteiger partial charge in [0.2, 0.25) is 0 Å². The first-order valence-corrected chi connectivity index (χ1v) is 9.63. The van der Waals surface area contributed by atoms with Crippen molar-refractivity contribution in [2.24, 2.45) is 0 Å². The number of hydrogen-bond acceptors (Lipinski definition) is 6. The van der Waals surface area contributed by atoms with Gasteiger partial charge in [0, 0.05) is 6.66 Å². The van der Waals surface area contributed by atoms with Crippen LogP contribution in [-0.2, 0) is 23.1 Å². The summed E-state index contributed by atoms with van der Waals surface area (Å²) >= 11 is 0. The molecule has 1 heterocycles. The Kier molecular flexibility index (Phi) is 6.27.